The van der Waals surface area contributed by atoms with Gasteiger partial charge in [-0.15, -0.1) is 11.3 Å². The maximum Gasteiger partial charge on any atom is 0.161 e. The van der Waals surface area contributed by atoms with Gasteiger partial charge in [0.05, 0.1) is 22.7 Å². The highest BCUT2D eigenvalue weighted by molar-refractivity contribution is 7.21. The molecule has 23 heavy (non-hydrogen) atoms. The van der Waals surface area contributed by atoms with Crippen LogP contribution < -0.4 is 4.74 Å². The van der Waals surface area contributed by atoms with Gasteiger partial charge in [-0.2, -0.15) is 0 Å². The van der Waals surface area contributed by atoms with Crippen LogP contribution >= 0.6 is 22.9 Å². The van der Waals surface area contributed by atoms with Crippen molar-refractivity contribution in [3.05, 3.63) is 57.4 Å². The van der Waals surface area contributed by atoms with Crippen molar-refractivity contribution in [2.45, 2.75) is 6.42 Å². The second-order valence-corrected chi connectivity index (χ2v) is 6.83. The molecule has 5 heteroatoms. The van der Waals surface area contributed by atoms with Gasteiger partial charge in [-0.05, 0) is 30.2 Å². The molecule has 1 N–H and O–H groups in total. The molecule has 1 aliphatic rings. The molecule has 1 aromatic heterocycles. The van der Waals surface area contributed by atoms with E-state index >= 15 is 0 Å². The second kappa shape index (κ2) is 5.55. The average Bonchev–Trinajstić information content (AvgIpc) is 2.91. The lowest BCUT2D eigenvalue weighted by Crippen LogP contribution is -2.13. The van der Waals surface area contributed by atoms with Crippen LogP contribution in [0, 0.1) is 0 Å². The fourth-order valence-corrected chi connectivity index (χ4v) is 4.48. The summed E-state index contributed by atoms with van der Waals surface area (Å²) < 4.78 is 6.40. The Kier molecular flexibility index (Phi) is 3.51. The van der Waals surface area contributed by atoms with Crippen molar-refractivity contribution in [2.75, 3.05) is 13.7 Å². The molecule has 0 unspecified atom stereocenters. The minimum absolute atomic E-state index is 0.162. The molecule has 2 heterocycles. The van der Waals surface area contributed by atoms with E-state index in [2.05, 4.69) is 6.07 Å². The summed E-state index contributed by atoms with van der Waals surface area (Å²) >= 11 is 8.26. The Bertz CT molecular complexity index is 946. The first kappa shape index (κ1) is 14.5. The number of hydrogen-bond donors (Lipinski definition) is 1. The summed E-state index contributed by atoms with van der Waals surface area (Å²) in [5.74, 6) is 0.616. The topological polar surface area (TPSA) is 41.8 Å². The Hall–Kier alpha value is -2.04. The molecule has 0 atom stereocenters. The first-order chi connectivity index (χ1) is 11.2. The maximum atomic E-state index is 10.0. The van der Waals surface area contributed by atoms with Gasteiger partial charge >= 0.3 is 0 Å². The van der Waals surface area contributed by atoms with Crippen LogP contribution in [0.1, 0.15) is 16.0 Å². The van der Waals surface area contributed by atoms with Crippen LogP contribution in [0.5, 0.6) is 11.5 Å². The highest BCUT2D eigenvalue weighted by Crippen LogP contribution is 2.39. The smallest absolute Gasteiger partial charge is 0.161 e. The van der Waals surface area contributed by atoms with E-state index < -0.39 is 0 Å². The zero-order chi connectivity index (χ0) is 16.0. The molecular formula is C18H14ClNO2S. The third-order valence-electron chi connectivity index (χ3n) is 4.06. The third kappa shape index (κ3) is 2.30. The van der Waals surface area contributed by atoms with Crippen molar-refractivity contribution in [2.24, 2.45) is 4.99 Å². The predicted molar refractivity (Wildman–Crippen MR) is 95.7 cm³/mol. The van der Waals surface area contributed by atoms with E-state index in [1.807, 2.05) is 24.3 Å². The van der Waals surface area contributed by atoms with E-state index in [1.54, 1.807) is 24.5 Å². The zero-order valence-corrected chi connectivity index (χ0v) is 14.0. The quantitative estimate of drug-likeness (QED) is 0.735. The molecule has 4 rings (SSSR count). The van der Waals surface area contributed by atoms with Crippen molar-refractivity contribution in [1.29, 1.82) is 0 Å². The number of nitrogens with zero attached hydrogens (tertiary/aromatic N) is 1. The van der Waals surface area contributed by atoms with Crippen LogP contribution in [-0.4, -0.2) is 24.5 Å². The summed E-state index contributed by atoms with van der Waals surface area (Å²) in [7, 11) is 1.55. The number of methoxy groups -OCH3 is 1. The lowest BCUT2D eigenvalue weighted by atomic mass is 9.95. The number of benzene rings is 2. The van der Waals surface area contributed by atoms with Gasteiger partial charge in [0.15, 0.2) is 11.5 Å². The first-order valence-electron chi connectivity index (χ1n) is 7.31. The van der Waals surface area contributed by atoms with Gasteiger partial charge in [0, 0.05) is 22.2 Å². The number of phenolic OH excluding ortho intramolecular Hbond substituents is 1. The van der Waals surface area contributed by atoms with Crippen LogP contribution in [0.15, 0.2) is 41.4 Å². The zero-order valence-electron chi connectivity index (χ0n) is 12.5. The summed E-state index contributed by atoms with van der Waals surface area (Å²) in [5, 5.41) is 11.8. The molecule has 3 aromatic rings. The van der Waals surface area contributed by atoms with Crippen LogP contribution in [0.4, 0.5) is 0 Å². The van der Waals surface area contributed by atoms with Gasteiger partial charge in [0.1, 0.15) is 0 Å². The Morgan fingerprint density at radius 2 is 2.09 bits per heavy atom. The SMILES string of the molecule is COc1cc2c(cc1O)CCN=C2c1sc2ccccc2c1Cl. The molecule has 0 amide bonds. The minimum atomic E-state index is 0.162. The molecule has 116 valence electrons. The van der Waals surface area contributed by atoms with Crippen molar-refractivity contribution in [1.82, 2.24) is 0 Å². The fraction of sp³-hybridized carbons (Fsp3) is 0.167. The van der Waals surface area contributed by atoms with E-state index in [9.17, 15) is 5.11 Å². The van der Waals surface area contributed by atoms with Gasteiger partial charge in [0.25, 0.3) is 0 Å². The monoisotopic (exact) mass is 343 g/mol. The maximum absolute atomic E-state index is 10.0. The van der Waals surface area contributed by atoms with Crippen LogP contribution in [0.3, 0.4) is 0 Å². The number of ether oxygens (including phenoxy) is 1. The molecule has 0 spiro atoms. The summed E-state index contributed by atoms with van der Waals surface area (Å²) in [5.41, 5.74) is 2.94. The van der Waals surface area contributed by atoms with E-state index in [-0.39, 0.29) is 5.75 Å². The number of hydrogen-bond acceptors (Lipinski definition) is 4. The lowest BCUT2D eigenvalue weighted by Gasteiger charge is -2.18. The van der Waals surface area contributed by atoms with E-state index in [0.717, 1.165) is 43.2 Å². The van der Waals surface area contributed by atoms with Crippen molar-refractivity contribution in [3.8, 4) is 11.5 Å². The Morgan fingerprint density at radius 3 is 2.87 bits per heavy atom. The van der Waals surface area contributed by atoms with Crippen LogP contribution in [-0.2, 0) is 6.42 Å². The van der Waals surface area contributed by atoms with Crippen LogP contribution in [0.2, 0.25) is 5.02 Å². The number of phenols is 1. The van der Waals surface area contributed by atoms with Crippen molar-refractivity contribution >= 4 is 38.7 Å². The standard InChI is InChI=1S/C18H14ClNO2S/c1-22-14-9-12-10(8-13(14)21)6-7-20-17(12)18-16(19)11-4-2-3-5-15(11)23-18/h2-5,8-9,21H,6-7H2,1H3. The van der Waals surface area contributed by atoms with E-state index in [4.69, 9.17) is 21.3 Å². The third-order valence-corrected chi connectivity index (χ3v) is 5.74. The average molecular weight is 344 g/mol. The van der Waals surface area contributed by atoms with E-state index in [0.29, 0.717) is 12.3 Å². The van der Waals surface area contributed by atoms with Gasteiger partial charge in [0.2, 0.25) is 0 Å². The Balaban J connectivity index is 1.93. The van der Waals surface area contributed by atoms with Gasteiger partial charge in [-0.1, -0.05) is 29.8 Å². The summed E-state index contributed by atoms with van der Waals surface area (Å²) in [6.07, 6.45) is 0.804. The number of fused-ring (bicyclic) bond motifs is 2. The molecule has 0 radical (unpaired) electrons. The van der Waals surface area contributed by atoms with Crippen LogP contribution in [0.25, 0.3) is 10.1 Å². The molecule has 0 fully saturated rings. The molecule has 0 bridgehead atoms. The molecule has 3 nitrogen and oxygen atoms in total. The Labute approximate surface area is 142 Å². The first-order valence-corrected chi connectivity index (χ1v) is 8.50. The highest BCUT2D eigenvalue weighted by Gasteiger charge is 2.23. The van der Waals surface area contributed by atoms with Gasteiger partial charge < -0.3 is 9.84 Å². The van der Waals surface area contributed by atoms with Crippen molar-refractivity contribution < 1.29 is 9.84 Å². The highest BCUT2D eigenvalue weighted by atomic mass is 35.5. The number of halogens is 1. The van der Waals surface area contributed by atoms with Gasteiger partial charge in [-0.3, -0.25) is 4.99 Å². The normalized spacial score (nSPS) is 13.7. The van der Waals surface area contributed by atoms with E-state index in [1.165, 1.54) is 0 Å². The molecular weight excluding hydrogens is 330 g/mol. The van der Waals surface area contributed by atoms with Crippen molar-refractivity contribution in [3.63, 3.8) is 0 Å². The molecule has 0 saturated heterocycles. The number of rotatable bonds is 2. The van der Waals surface area contributed by atoms with Gasteiger partial charge in [-0.25, -0.2) is 0 Å². The number of aliphatic imine (C=N–C) groups is 1. The summed E-state index contributed by atoms with van der Waals surface area (Å²) in [6, 6.07) is 11.7. The Morgan fingerprint density at radius 1 is 1.26 bits per heavy atom. The lowest BCUT2D eigenvalue weighted by molar-refractivity contribution is 0.373. The fourth-order valence-electron chi connectivity index (χ4n) is 2.94. The molecule has 1 aliphatic heterocycles. The summed E-state index contributed by atoms with van der Waals surface area (Å²) in [4.78, 5) is 5.68. The summed E-state index contributed by atoms with van der Waals surface area (Å²) in [6.45, 7) is 0.693. The molecule has 2 aromatic carbocycles. The predicted octanol–water partition coefficient (Wildman–Crippen LogP) is 4.66. The minimum Gasteiger partial charge on any atom is -0.504 e. The number of aromatic hydroxyl groups is 1. The molecule has 0 aliphatic carbocycles. The number of thiophene rings is 1. The molecule has 0 saturated carbocycles. The largest absolute Gasteiger partial charge is 0.504 e. The second-order valence-electron chi connectivity index (χ2n) is 5.40.